The first kappa shape index (κ1) is 21.6. The lowest BCUT2D eigenvalue weighted by molar-refractivity contribution is -0.597. The fourth-order valence-electron chi connectivity index (χ4n) is 1.79. The first-order valence-corrected chi connectivity index (χ1v) is 9.51. The monoisotopic (exact) mass is 472 g/mol. The Morgan fingerprint density at radius 1 is 0.808 bits per heavy atom. The molecule has 0 fully saturated rings. The van der Waals surface area contributed by atoms with Crippen molar-refractivity contribution >= 4 is 17.9 Å². The van der Waals surface area contributed by atoms with Crippen molar-refractivity contribution in [1.82, 2.24) is 0 Å². The number of hydrogen-bond acceptors (Lipinski definition) is 5. The van der Waals surface area contributed by atoms with Gasteiger partial charge in [-0.3, -0.25) is 9.59 Å². The van der Waals surface area contributed by atoms with Crippen molar-refractivity contribution in [3.05, 3.63) is 67.8 Å². The third-order valence-electron chi connectivity index (χ3n) is 2.95. The molecule has 0 aliphatic rings. The first-order chi connectivity index (χ1) is 12.2. The summed E-state index contributed by atoms with van der Waals surface area (Å²) < 4.78 is 2.96. The van der Waals surface area contributed by atoms with Crippen LogP contribution in [0.5, 0.6) is 0 Å². The Hall–Kier alpha value is -2.46. The van der Waals surface area contributed by atoms with Crippen LogP contribution < -0.4 is 26.3 Å². The van der Waals surface area contributed by atoms with Crippen LogP contribution >= 0.6 is 0 Å². The number of aliphatic hydroxyl groups is 1. The highest BCUT2D eigenvalue weighted by Gasteiger charge is 2.34. The zero-order chi connectivity index (χ0) is 19.6. The number of carboxylic acids is 3. The summed E-state index contributed by atoms with van der Waals surface area (Å²) in [5.74, 6) is -5.35. The largest absolute Gasteiger partial charge is 0.547 e. The lowest BCUT2D eigenvalue weighted by atomic mass is 9.96. The quantitative estimate of drug-likeness (QED) is 0.372. The second-order valence-electron chi connectivity index (χ2n) is 5.15. The number of aliphatic carboxylic acids is 3. The highest BCUT2D eigenvalue weighted by molar-refractivity contribution is 5.86. The molecule has 26 heavy (non-hydrogen) atoms. The lowest BCUT2D eigenvalue weighted by Crippen LogP contribution is -3.61. The number of carbonyl (C=O) groups is 3. The summed E-state index contributed by atoms with van der Waals surface area (Å²) in [6, 6.07) is 21.4. The minimum absolute atomic E-state index is 0.0287. The van der Waals surface area contributed by atoms with Crippen molar-refractivity contribution in [3.8, 4) is 0 Å². The van der Waals surface area contributed by atoms with Crippen LogP contribution in [0.2, 0.25) is 0 Å². The van der Waals surface area contributed by atoms with Crippen molar-refractivity contribution in [1.29, 1.82) is 0 Å². The van der Waals surface area contributed by atoms with E-state index >= 15 is 0 Å². The minimum Gasteiger partial charge on any atom is -0.547 e. The normalized spacial score (nSPS) is 10.3. The molecule has 0 aliphatic heterocycles. The molecule has 0 amide bonds. The Bertz CT molecular complexity index is 678. The SMILES string of the molecule is O=C(O)CC(O)(CC(=O)O)C(=O)[O-].c1ccc([I+]c2ccccc2)cc1. The Morgan fingerprint density at radius 2 is 1.15 bits per heavy atom. The zero-order valence-electron chi connectivity index (χ0n) is 13.5. The maximum atomic E-state index is 10.2. The number of hydrogen-bond donors (Lipinski definition) is 3. The van der Waals surface area contributed by atoms with E-state index in [0.717, 1.165) is 0 Å². The van der Waals surface area contributed by atoms with E-state index in [1.54, 1.807) is 0 Å². The summed E-state index contributed by atoms with van der Waals surface area (Å²) in [6.45, 7) is 0. The molecule has 3 N–H and O–H groups in total. The second-order valence-corrected chi connectivity index (χ2v) is 8.18. The van der Waals surface area contributed by atoms with E-state index in [1.807, 2.05) is 0 Å². The molecule has 0 saturated heterocycles. The molecule has 0 saturated carbocycles. The van der Waals surface area contributed by atoms with Gasteiger partial charge in [0.15, 0.2) is 7.14 Å². The van der Waals surface area contributed by atoms with Crippen LogP contribution in [-0.2, 0) is 14.4 Å². The van der Waals surface area contributed by atoms with Gasteiger partial charge >= 0.3 is 33.1 Å². The van der Waals surface area contributed by atoms with Gasteiger partial charge in [-0.15, -0.1) is 0 Å². The lowest BCUT2D eigenvalue weighted by Gasteiger charge is -2.25. The van der Waals surface area contributed by atoms with Gasteiger partial charge in [0.2, 0.25) is 0 Å². The summed E-state index contributed by atoms with van der Waals surface area (Å²) in [5, 5.41) is 35.5. The van der Waals surface area contributed by atoms with Gasteiger partial charge in [-0.05, 0) is 24.3 Å². The molecule has 0 unspecified atom stereocenters. The van der Waals surface area contributed by atoms with Crippen molar-refractivity contribution in [2.45, 2.75) is 18.4 Å². The van der Waals surface area contributed by atoms with Gasteiger partial charge in [-0.1, -0.05) is 36.4 Å². The van der Waals surface area contributed by atoms with Gasteiger partial charge in [0, 0.05) is 0 Å². The maximum absolute atomic E-state index is 10.2. The van der Waals surface area contributed by atoms with Crippen molar-refractivity contribution in [2.24, 2.45) is 0 Å². The molecule has 0 heterocycles. The minimum atomic E-state index is -2.85. The number of halogens is 1. The van der Waals surface area contributed by atoms with E-state index in [0.29, 0.717) is 0 Å². The average molecular weight is 472 g/mol. The number of carbonyl (C=O) groups excluding carboxylic acids is 1. The molecule has 0 aliphatic carbocycles. The molecular formula is C18H17IO7. The van der Waals surface area contributed by atoms with Gasteiger partial charge in [-0.25, -0.2) is 0 Å². The molecule has 0 bridgehead atoms. The van der Waals surface area contributed by atoms with Crippen molar-refractivity contribution in [3.63, 3.8) is 0 Å². The Labute approximate surface area is 160 Å². The van der Waals surface area contributed by atoms with Crippen LogP contribution in [0.3, 0.4) is 0 Å². The van der Waals surface area contributed by atoms with Crippen LogP contribution in [0.4, 0.5) is 0 Å². The Kier molecular flexibility index (Phi) is 8.73. The highest BCUT2D eigenvalue weighted by Crippen LogP contribution is 2.14. The summed E-state index contributed by atoms with van der Waals surface area (Å²) in [5.41, 5.74) is -2.85. The van der Waals surface area contributed by atoms with Crippen molar-refractivity contribution in [2.75, 3.05) is 0 Å². The van der Waals surface area contributed by atoms with Crippen LogP contribution in [0.1, 0.15) is 12.8 Å². The Balaban J connectivity index is 0.000000260. The standard InChI is InChI=1S/C12H10I.C6H8O7/c1-3-7-11(8-4-1)13-12-9-5-2-6-10-12;7-3(8)1-6(13,5(11)12)2-4(9)10/h1-10H;13H,1-2H2,(H,7,8)(H,9,10)(H,11,12)/q+1;/p-1. The molecule has 138 valence electrons. The van der Waals surface area contributed by atoms with E-state index in [9.17, 15) is 19.5 Å². The number of rotatable bonds is 7. The summed E-state index contributed by atoms with van der Waals surface area (Å²) in [6.07, 6.45) is -2.41. The molecule has 2 rings (SSSR count). The average Bonchev–Trinajstić information content (AvgIpc) is 2.55. The summed E-state index contributed by atoms with van der Waals surface area (Å²) >= 11 is 0.0287. The smallest absolute Gasteiger partial charge is 0.357 e. The van der Waals surface area contributed by atoms with Crippen LogP contribution in [0.15, 0.2) is 60.7 Å². The van der Waals surface area contributed by atoms with Crippen molar-refractivity contribution < 1.29 is 56.0 Å². The maximum Gasteiger partial charge on any atom is 0.357 e. The van der Waals surface area contributed by atoms with Gasteiger partial charge in [0.25, 0.3) is 0 Å². The molecular weight excluding hydrogens is 455 g/mol. The fourth-order valence-corrected chi connectivity index (χ4v) is 4.06. The topological polar surface area (TPSA) is 135 Å². The van der Waals surface area contributed by atoms with Gasteiger partial charge in [0.1, 0.15) is 5.60 Å². The van der Waals surface area contributed by atoms with Gasteiger partial charge in [0.05, 0.1) is 18.8 Å². The first-order valence-electron chi connectivity index (χ1n) is 7.35. The molecule has 0 atom stereocenters. The van der Waals surface area contributed by atoms with Crippen LogP contribution in [-0.4, -0.2) is 38.8 Å². The molecule has 0 spiro atoms. The Morgan fingerprint density at radius 3 is 1.42 bits per heavy atom. The molecule has 0 aromatic heterocycles. The van der Waals surface area contributed by atoms with E-state index in [-0.39, 0.29) is 21.2 Å². The third-order valence-corrected chi connectivity index (χ3v) is 5.64. The van der Waals surface area contributed by atoms with Crippen LogP contribution in [0, 0.1) is 7.14 Å². The van der Waals surface area contributed by atoms with E-state index in [4.69, 9.17) is 15.3 Å². The molecule has 2 aromatic rings. The molecule has 7 nitrogen and oxygen atoms in total. The highest BCUT2D eigenvalue weighted by atomic mass is 127. The summed E-state index contributed by atoms with van der Waals surface area (Å²) in [4.78, 5) is 30.3. The zero-order valence-corrected chi connectivity index (χ0v) is 15.7. The van der Waals surface area contributed by atoms with Gasteiger partial charge in [-0.2, -0.15) is 0 Å². The third kappa shape index (κ3) is 8.08. The van der Waals surface area contributed by atoms with E-state index in [2.05, 4.69) is 60.7 Å². The number of carboxylic acid groups (broad SMARTS) is 3. The second kappa shape index (κ2) is 10.5. The molecule has 8 heteroatoms. The number of benzene rings is 2. The predicted molar refractivity (Wildman–Crippen MR) is 84.7 cm³/mol. The summed E-state index contributed by atoms with van der Waals surface area (Å²) in [7, 11) is 0. The molecule has 2 aromatic carbocycles. The van der Waals surface area contributed by atoms with E-state index in [1.165, 1.54) is 7.14 Å². The van der Waals surface area contributed by atoms with E-state index < -0.39 is 36.4 Å². The van der Waals surface area contributed by atoms with Crippen LogP contribution in [0.25, 0.3) is 0 Å². The molecule has 0 radical (unpaired) electrons. The fraction of sp³-hybridized carbons (Fsp3) is 0.167. The predicted octanol–water partition coefficient (Wildman–Crippen LogP) is -2.77. The van der Waals surface area contributed by atoms with Gasteiger partial charge < -0.3 is 25.2 Å².